The molecule has 1 fully saturated rings. The van der Waals surface area contributed by atoms with Crippen molar-refractivity contribution < 1.29 is 9.53 Å². The number of piperidine rings is 1. The molecule has 0 radical (unpaired) electrons. The van der Waals surface area contributed by atoms with Gasteiger partial charge in [0.1, 0.15) is 12.2 Å². The Morgan fingerprint density at radius 2 is 2.35 bits per heavy atom. The minimum Gasteiger partial charge on any atom is -0.470 e. The molecule has 6 nitrogen and oxygen atoms in total. The highest BCUT2D eigenvalue weighted by atomic mass is 32.1. The molecule has 7 heteroatoms. The smallest absolute Gasteiger partial charge is 0.251 e. The number of rotatable bonds is 4. The number of carbonyl (C=O) groups excluding carboxylic acids is 1. The lowest BCUT2D eigenvalue weighted by Gasteiger charge is -2.32. The predicted molar refractivity (Wildman–Crippen MR) is 85.0 cm³/mol. The van der Waals surface area contributed by atoms with Crippen LogP contribution in [0.25, 0.3) is 0 Å². The van der Waals surface area contributed by atoms with Crippen molar-refractivity contribution >= 4 is 17.2 Å². The van der Waals surface area contributed by atoms with E-state index in [-0.39, 0.29) is 23.6 Å². The molecule has 0 unspecified atom stereocenters. The molecule has 2 aromatic rings. The molecule has 118 valence electrons. The fraction of sp³-hybridized carbons (Fsp3) is 0.375. The topological polar surface area (TPSA) is 79.1 Å². The van der Waals surface area contributed by atoms with E-state index in [9.17, 15) is 4.79 Å². The summed E-state index contributed by atoms with van der Waals surface area (Å²) in [6, 6.07) is 3.94. The second kappa shape index (κ2) is 7.20. The summed E-state index contributed by atoms with van der Waals surface area (Å²) in [6.45, 7) is 1.26. The molecule has 0 saturated carbocycles. The van der Waals surface area contributed by atoms with Gasteiger partial charge in [0.05, 0.1) is 13.0 Å². The Morgan fingerprint density at radius 1 is 1.48 bits per heavy atom. The zero-order valence-corrected chi connectivity index (χ0v) is 13.3. The van der Waals surface area contributed by atoms with Gasteiger partial charge in [0.2, 0.25) is 11.6 Å². The zero-order chi connectivity index (χ0) is 16.1. The lowest BCUT2D eigenvalue weighted by molar-refractivity contribution is -0.133. The molecule has 1 amide bonds. The number of likely N-dealkylation sites (tertiary alicyclic amines) is 1. The van der Waals surface area contributed by atoms with E-state index < -0.39 is 0 Å². The lowest BCUT2D eigenvalue weighted by Crippen LogP contribution is -2.45. The molecule has 3 rings (SSSR count). The first-order chi connectivity index (χ1) is 11.3. The molecular formula is C16H16N4O2S. The molecule has 0 N–H and O–H groups in total. The molecule has 1 atom stereocenters. The van der Waals surface area contributed by atoms with Gasteiger partial charge in [-0.2, -0.15) is 16.6 Å². The van der Waals surface area contributed by atoms with Crippen molar-refractivity contribution in [2.24, 2.45) is 0 Å². The normalized spacial score (nSPS) is 17.5. The number of nitriles is 1. The highest BCUT2D eigenvalue weighted by Gasteiger charge is 2.26. The van der Waals surface area contributed by atoms with Crippen LogP contribution in [0.3, 0.4) is 0 Å². The Morgan fingerprint density at radius 3 is 3.13 bits per heavy atom. The third-order valence-electron chi connectivity index (χ3n) is 3.72. The van der Waals surface area contributed by atoms with E-state index in [1.54, 1.807) is 11.3 Å². The largest absolute Gasteiger partial charge is 0.470 e. The van der Waals surface area contributed by atoms with E-state index in [1.807, 2.05) is 27.8 Å². The van der Waals surface area contributed by atoms with Crippen LogP contribution in [-0.2, 0) is 11.2 Å². The van der Waals surface area contributed by atoms with Gasteiger partial charge in [0.15, 0.2) is 0 Å². The Labute approximate surface area is 138 Å². The molecule has 1 aliphatic heterocycles. The molecule has 2 aromatic heterocycles. The van der Waals surface area contributed by atoms with E-state index in [0.29, 0.717) is 13.0 Å². The summed E-state index contributed by atoms with van der Waals surface area (Å²) in [5, 5.41) is 13.0. The molecule has 3 heterocycles. The van der Waals surface area contributed by atoms with E-state index in [0.717, 1.165) is 24.9 Å². The summed E-state index contributed by atoms with van der Waals surface area (Å²) < 4.78 is 5.81. The summed E-state index contributed by atoms with van der Waals surface area (Å²) in [5.41, 5.74) is 1.22. The number of nitrogens with zero attached hydrogens (tertiary/aromatic N) is 4. The third-order valence-corrected chi connectivity index (χ3v) is 4.45. The highest BCUT2D eigenvalue weighted by molar-refractivity contribution is 7.07. The second-order valence-electron chi connectivity index (χ2n) is 5.35. The van der Waals surface area contributed by atoms with Crippen molar-refractivity contribution in [3.63, 3.8) is 0 Å². The van der Waals surface area contributed by atoms with Crippen LogP contribution in [0.1, 0.15) is 24.1 Å². The van der Waals surface area contributed by atoms with Gasteiger partial charge in [-0.15, -0.1) is 0 Å². The van der Waals surface area contributed by atoms with E-state index >= 15 is 0 Å². The first-order valence-corrected chi connectivity index (χ1v) is 8.37. The summed E-state index contributed by atoms with van der Waals surface area (Å²) in [4.78, 5) is 22.2. The van der Waals surface area contributed by atoms with Crippen LogP contribution in [0.2, 0.25) is 0 Å². The van der Waals surface area contributed by atoms with Crippen molar-refractivity contribution in [2.75, 3.05) is 13.1 Å². The maximum absolute atomic E-state index is 12.4. The summed E-state index contributed by atoms with van der Waals surface area (Å²) in [6.07, 6.45) is 4.94. The van der Waals surface area contributed by atoms with Gasteiger partial charge in [-0.3, -0.25) is 4.79 Å². The Bertz CT molecular complexity index is 711. The summed E-state index contributed by atoms with van der Waals surface area (Å²) in [5.74, 6) is 0.350. The number of amides is 1. The molecule has 1 aliphatic rings. The quantitative estimate of drug-likeness (QED) is 0.858. The Balaban J connectivity index is 1.62. The number of thiophene rings is 1. The summed E-state index contributed by atoms with van der Waals surface area (Å²) >= 11 is 1.59. The SMILES string of the molecule is N#Cc1nccnc1O[C@@H]1CCCN(C(=O)Cc2ccsc2)C1. The first kappa shape index (κ1) is 15.4. The number of hydrogen-bond donors (Lipinski definition) is 0. The van der Waals surface area contributed by atoms with Crippen LogP contribution in [0.15, 0.2) is 29.2 Å². The molecule has 0 bridgehead atoms. The van der Waals surface area contributed by atoms with Crippen LogP contribution in [0, 0.1) is 11.3 Å². The average Bonchev–Trinajstić information content (AvgIpc) is 3.08. The number of ether oxygens (including phenoxy) is 1. The van der Waals surface area contributed by atoms with Gasteiger partial charge in [-0.25, -0.2) is 9.97 Å². The van der Waals surface area contributed by atoms with Gasteiger partial charge < -0.3 is 9.64 Å². The first-order valence-electron chi connectivity index (χ1n) is 7.43. The van der Waals surface area contributed by atoms with E-state index in [1.165, 1.54) is 12.4 Å². The zero-order valence-electron chi connectivity index (χ0n) is 12.5. The minimum absolute atomic E-state index is 0.108. The van der Waals surface area contributed by atoms with Crippen LogP contribution < -0.4 is 4.74 Å². The maximum Gasteiger partial charge on any atom is 0.251 e. The third kappa shape index (κ3) is 3.85. The number of aromatic nitrogens is 2. The van der Waals surface area contributed by atoms with Crippen molar-refractivity contribution in [3.8, 4) is 11.9 Å². The average molecular weight is 328 g/mol. The monoisotopic (exact) mass is 328 g/mol. The maximum atomic E-state index is 12.4. The van der Waals surface area contributed by atoms with Crippen LogP contribution in [0.5, 0.6) is 5.88 Å². The van der Waals surface area contributed by atoms with Gasteiger partial charge >= 0.3 is 0 Å². The van der Waals surface area contributed by atoms with Crippen molar-refractivity contribution in [2.45, 2.75) is 25.4 Å². The minimum atomic E-state index is -0.154. The van der Waals surface area contributed by atoms with Gasteiger partial charge in [-0.1, -0.05) is 0 Å². The van der Waals surface area contributed by atoms with E-state index in [4.69, 9.17) is 10.00 Å². The molecule has 0 spiro atoms. The number of carbonyl (C=O) groups is 1. The molecule has 23 heavy (non-hydrogen) atoms. The summed E-state index contributed by atoms with van der Waals surface area (Å²) in [7, 11) is 0. The lowest BCUT2D eigenvalue weighted by atomic mass is 10.1. The molecular weight excluding hydrogens is 312 g/mol. The molecule has 0 aromatic carbocycles. The van der Waals surface area contributed by atoms with Gasteiger partial charge in [0, 0.05) is 18.9 Å². The van der Waals surface area contributed by atoms with Gasteiger partial charge in [-0.05, 0) is 35.2 Å². The van der Waals surface area contributed by atoms with Crippen LogP contribution >= 0.6 is 11.3 Å². The second-order valence-corrected chi connectivity index (χ2v) is 6.13. The Hall–Kier alpha value is -2.46. The molecule has 0 aliphatic carbocycles. The standard InChI is InChI=1S/C16H16N4O2S/c17-9-14-16(19-5-4-18-14)22-13-2-1-6-20(10-13)15(21)8-12-3-7-23-11-12/h3-5,7,11,13H,1-2,6,8,10H2/t13-/m1/s1. The van der Waals surface area contributed by atoms with Crippen molar-refractivity contribution in [3.05, 3.63) is 40.5 Å². The fourth-order valence-corrected chi connectivity index (χ4v) is 3.26. The van der Waals surface area contributed by atoms with Crippen molar-refractivity contribution in [1.29, 1.82) is 5.26 Å². The van der Waals surface area contributed by atoms with Crippen LogP contribution in [-0.4, -0.2) is 40.0 Å². The van der Waals surface area contributed by atoms with Crippen molar-refractivity contribution in [1.82, 2.24) is 14.9 Å². The Kier molecular flexibility index (Phi) is 4.83. The molecule has 1 saturated heterocycles. The number of hydrogen-bond acceptors (Lipinski definition) is 6. The predicted octanol–water partition coefficient (Wildman–Crippen LogP) is 2.02. The van der Waals surface area contributed by atoms with Gasteiger partial charge in [0.25, 0.3) is 5.88 Å². The van der Waals surface area contributed by atoms with Crippen LogP contribution in [0.4, 0.5) is 0 Å². The fourth-order valence-electron chi connectivity index (χ4n) is 2.59. The van der Waals surface area contributed by atoms with E-state index in [2.05, 4.69) is 9.97 Å². The highest BCUT2D eigenvalue weighted by Crippen LogP contribution is 2.19.